The van der Waals surface area contributed by atoms with Gasteiger partial charge in [0.05, 0.1) is 10.7 Å². The van der Waals surface area contributed by atoms with Gasteiger partial charge in [0.25, 0.3) is 0 Å². The van der Waals surface area contributed by atoms with Gasteiger partial charge in [-0.1, -0.05) is 43.6 Å². The Morgan fingerprint density at radius 1 is 1.18 bits per heavy atom. The van der Waals surface area contributed by atoms with Crippen molar-refractivity contribution < 1.29 is 0 Å². The van der Waals surface area contributed by atoms with E-state index >= 15 is 0 Å². The van der Waals surface area contributed by atoms with E-state index in [1.54, 1.807) is 11.8 Å². The van der Waals surface area contributed by atoms with Gasteiger partial charge in [-0.15, -0.1) is 11.8 Å². The van der Waals surface area contributed by atoms with Crippen LogP contribution in [0.15, 0.2) is 47.4 Å². The molecule has 2 nitrogen and oxygen atoms in total. The Kier molecular flexibility index (Phi) is 8.21. The summed E-state index contributed by atoms with van der Waals surface area (Å²) >= 11 is 7.62. The first kappa shape index (κ1) is 18.7. The molecule has 0 spiro atoms. The molecule has 22 heavy (non-hydrogen) atoms. The van der Waals surface area contributed by atoms with E-state index in [1.165, 1.54) is 10.5 Å². The second-order valence-corrected chi connectivity index (χ2v) is 6.68. The van der Waals surface area contributed by atoms with Gasteiger partial charge in [-0.05, 0) is 48.4 Å². The number of hydrogen-bond donors (Lipinski definition) is 2. The highest BCUT2D eigenvalue weighted by atomic mass is 35.5. The fourth-order valence-corrected chi connectivity index (χ4v) is 2.77. The molecule has 2 rings (SSSR count). The molecule has 0 fully saturated rings. The molecule has 120 valence electrons. The topological polar surface area (TPSA) is 38.0 Å². The normalized spacial score (nSPS) is 10.1. The Morgan fingerprint density at radius 3 is 2.36 bits per heavy atom. The summed E-state index contributed by atoms with van der Waals surface area (Å²) in [6, 6.07) is 14.0. The quantitative estimate of drug-likeness (QED) is 0.566. The van der Waals surface area contributed by atoms with E-state index in [0.29, 0.717) is 5.92 Å². The van der Waals surface area contributed by atoms with Crippen LogP contribution in [0.2, 0.25) is 5.02 Å². The average molecular weight is 337 g/mol. The van der Waals surface area contributed by atoms with Crippen LogP contribution in [-0.2, 0) is 6.42 Å². The third kappa shape index (κ3) is 6.20. The Labute approximate surface area is 143 Å². The zero-order valence-corrected chi connectivity index (χ0v) is 15.3. The standard InChI is InChI=1S/C10H15N.C8H10ClNS/c1-8(2)7-9-5-3-4-6-10(9)11;1-10-8-4-3-6(11-2)5-7(8)9/h3-6,8H,7,11H2,1-2H3;3-5,10H,1-2H3. The van der Waals surface area contributed by atoms with Crippen molar-refractivity contribution in [1.29, 1.82) is 0 Å². The molecule has 3 N–H and O–H groups in total. The molecule has 0 bridgehead atoms. The highest BCUT2D eigenvalue weighted by Crippen LogP contribution is 2.26. The minimum Gasteiger partial charge on any atom is -0.399 e. The predicted molar refractivity (Wildman–Crippen MR) is 102 cm³/mol. The summed E-state index contributed by atoms with van der Waals surface area (Å²) < 4.78 is 0. The zero-order valence-electron chi connectivity index (χ0n) is 13.7. The first-order valence-electron chi connectivity index (χ1n) is 7.32. The van der Waals surface area contributed by atoms with E-state index in [-0.39, 0.29) is 0 Å². The summed E-state index contributed by atoms with van der Waals surface area (Å²) in [5, 5.41) is 3.78. The molecule has 4 heteroatoms. The van der Waals surface area contributed by atoms with Crippen LogP contribution in [0.1, 0.15) is 19.4 Å². The van der Waals surface area contributed by atoms with Gasteiger partial charge in [-0.3, -0.25) is 0 Å². The number of nitrogen functional groups attached to an aromatic ring is 1. The zero-order chi connectivity index (χ0) is 16.5. The Hall–Kier alpha value is -1.32. The van der Waals surface area contributed by atoms with Crippen molar-refractivity contribution in [2.24, 2.45) is 5.92 Å². The largest absolute Gasteiger partial charge is 0.399 e. The van der Waals surface area contributed by atoms with Gasteiger partial charge in [0.15, 0.2) is 0 Å². The van der Waals surface area contributed by atoms with Gasteiger partial charge in [-0.2, -0.15) is 0 Å². The number of halogens is 1. The van der Waals surface area contributed by atoms with Crippen molar-refractivity contribution in [2.75, 3.05) is 24.4 Å². The number of anilines is 2. The SMILES string of the molecule is CC(C)Cc1ccccc1N.CNc1ccc(SC)cc1Cl. The molecular weight excluding hydrogens is 312 g/mol. The summed E-state index contributed by atoms with van der Waals surface area (Å²) in [6.07, 6.45) is 3.11. The van der Waals surface area contributed by atoms with Gasteiger partial charge in [0, 0.05) is 17.6 Å². The minimum absolute atomic E-state index is 0.680. The lowest BCUT2D eigenvalue weighted by atomic mass is 10.0. The number of hydrogen-bond acceptors (Lipinski definition) is 3. The van der Waals surface area contributed by atoms with Crippen molar-refractivity contribution in [2.45, 2.75) is 25.2 Å². The molecule has 0 aliphatic carbocycles. The number of para-hydroxylation sites is 1. The van der Waals surface area contributed by atoms with E-state index in [2.05, 4.69) is 25.2 Å². The van der Waals surface area contributed by atoms with Crippen molar-refractivity contribution in [3.63, 3.8) is 0 Å². The Morgan fingerprint density at radius 2 is 1.86 bits per heavy atom. The van der Waals surface area contributed by atoms with Crippen LogP contribution in [0.3, 0.4) is 0 Å². The summed E-state index contributed by atoms with van der Waals surface area (Å²) in [5.41, 5.74) is 8.93. The third-order valence-electron chi connectivity index (χ3n) is 3.13. The molecule has 0 saturated heterocycles. The number of thioether (sulfide) groups is 1. The maximum absolute atomic E-state index is 5.93. The van der Waals surface area contributed by atoms with E-state index in [4.69, 9.17) is 17.3 Å². The minimum atomic E-state index is 0.680. The van der Waals surface area contributed by atoms with Gasteiger partial charge in [0.1, 0.15) is 0 Å². The van der Waals surface area contributed by atoms with Crippen LogP contribution in [-0.4, -0.2) is 13.3 Å². The Balaban J connectivity index is 0.000000220. The van der Waals surface area contributed by atoms with Crippen molar-refractivity contribution >= 4 is 34.7 Å². The first-order chi connectivity index (χ1) is 10.5. The lowest BCUT2D eigenvalue weighted by Gasteiger charge is -2.06. The fraction of sp³-hybridized carbons (Fsp3) is 0.333. The van der Waals surface area contributed by atoms with E-state index in [9.17, 15) is 0 Å². The maximum atomic E-state index is 5.93. The van der Waals surface area contributed by atoms with Crippen molar-refractivity contribution in [1.82, 2.24) is 0 Å². The van der Waals surface area contributed by atoms with E-state index in [0.717, 1.165) is 22.8 Å². The van der Waals surface area contributed by atoms with Crippen LogP contribution in [0.5, 0.6) is 0 Å². The molecule has 0 saturated carbocycles. The second kappa shape index (κ2) is 9.65. The highest BCUT2D eigenvalue weighted by molar-refractivity contribution is 7.98. The van der Waals surface area contributed by atoms with Crippen LogP contribution in [0.25, 0.3) is 0 Å². The number of nitrogens with two attached hydrogens (primary N) is 1. The smallest absolute Gasteiger partial charge is 0.0648 e. The van der Waals surface area contributed by atoms with Crippen LogP contribution >= 0.6 is 23.4 Å². The monoisotopic (exact) mass is 336 g/mol. The molecular formula is C18H25ClN2S. The summed E-state index contributed by atoms with van der Waals surface area (Å²) in [7, 11) is 1.86. The van der Waals surface area contributed by atoms with Crippen molar-refractivity contribution in [3.05, 3.63) is 53.1 Å². The van der Waals surface area contributed by atoms with Crippen LogP contribution in [0, 0.1) is 5.92 Å². The average Bonchev–Trinajstić information content (AvgIpc) is 2.49. The number of rotatable bonds is 4. The second-order valence-electron chi connectivity index (χ2n) is 5.39. The molecule has 2 aromatic carbocycles. The molecule has 0 heterocycles. The molecule has 0 amide bonds. The summed E-state index contributed by atoms with van der Waals surface area (Å²) in [4.78, 5) is 1.19. The molecule has 0 unspecified atom stereocenters. The molecule has 0 aromatic heterocycles. The van der Waals surface area contributed by atoms with Gasteiger partial charge >= 0.3 is 0 Å². The molecule has 0 atom stereocenters. The number of benzene rings is 2. The summed E-state index contributed by atoms with van der Waals surface area (Å²) in [5.74, 6) is 0.680. The van der Waals surface area contributed by atoms with Crippen LogP contribution < -0.4 is 11.1 Å². The fourth-order valence-electron chi connectivity index (χ4n) is 1.99. The van der Waals surface area contributed by atoms with E-state index < -0.39 is 0 Å². The molecule has 2 aromatic rings. The lowest BCUT2D eigenvalue weighted by Crippen LogP contribution is -1.98. The molecule has 0 aliphatic rings. The van der Waals surface area contributed by atoms with E-state index in [1.807, 2.05) is 49.7 Å². The van der Waals surface area contributed by atoms with Crippen molar-refractivity contribution in [3.8, 4) is 0 Å². The lowest BCUT2D eigenvalue weighted by molar-refractivity contribution is 0.648. The molecule has 0 radical (unpaired) electrons. The highest BCUT2D eigenvalue weighted by Gasteiger charge is 1.99. The first-order valence-corrected chi connectivity index (χ1v) is 8.92. The summed E-state index contributed by atoms with van der Waals surface area (Å²) in [6.45, 7) is 4.40. The van der Waals surface area contributed by atoms with Gasteiger partial charge < -0.3 is 11.1 Å². The third-order valence-corrected chi connectivity index (χ3v) is 4.17. The maximum Gasteiger partial charge on any atom is 0.0648 e. The van der Waals surface area contributed by atoms with Gasteiger partial charge in [-0.25, -0.2) is 0 Å². The predicted octanol–water partition coefficient (Wildman–Crippen LogP) is 5.57. The van der Waals surface area contributed by atoms with Crippen LogP contribution in [0.4, 0.5) is 11.4 Å². The van der Waals surface area contributed by atoms with Gasteiger partial charge in [0.2, 0.25) is 0 Å². The number of nitrogens with one attached hydrogen (secondary N) is 1. The molecule has 0 aliphatic heterocycles. The Bertz CT molecular complexity index is 585.